The molecule has 3 heteroatoms. The standard InChI is InChI=1S/C14H15NOS/c1-9-6-4-5-7-12(9)8-13(16)14-10(2)15-11(3)17-14/h4-7H,8H2,1-3H3. The van der Waals surface area contributed by atoms with Crippen LogP contribution in [0.4, 0.5) is 0 Å². The van der Waals surface area contributed by atoms with Crippen molar-refractivity contribution in [2.45, 2.75) is 27.2 Å². The van der Waals surface area contributed by atoms with E-state index in [0.29, 0.717) is 6.42 Å². The van der Waals surface area contributed by atoms with Crippen molar-refractivity contribution in [2.24, 2.45) is 0 Å². The van der Waals surface area contributed by atoms with E-state index in [4.69, 9.17) is 0 Å². The summed E-state index contributed by atoms with van der Waals surface area (Å²) in [5, 5.41) is 0.954. The average molecular weight is 245 g/mol. The van der Waals surface area contributed by atoms with Gasteiger partial charge in [0.25, 0.3) is 0 Å². The minimum atomic E-state index is 0.169. The molecule has 2 rings (SSSR count). The number of aryl methyl sites for hydroxylation is 3. The molecule has 0 unspecified atom stereocenters. The molecule has 1 heterocycles. The first-order valence-corrected chi connectivity index (χ1v) is 6.41. The van der Waals surface area contributed by atoms with E-state index < -0.39 is 0 Å². The number of rotatable bonds is 3. The van der Waals surface area contributed by atoms with Crippen molar-refractivity contribution in [3.63, 3.8) is 0 Å². The summed E-state index contributed by atoms with van der Waals surface area (Å²) in [5.74, 6) is 0.169. The second-order valence-corrected chi connectivity index (χ2v) is 5.38. The van der Waals surface area contributed by atoms with Crippen LogP contribution in [0.2, 0.25) is 0 Å². The molecule has 1 aromatic heterocycles. The largest absolute Gasteiger partial charge is 0.293 e. The van der Waals surface area contributed by atoms with Gasteiger partial charge < -0.3 is 0 Å². The van der Waals surface area contributed by atoms with E-state index >= 15 is 0 Å². The van der Waals surface area contributed by atoms with E-state index in [1.165, 1.54) is 16.9 Å². The van der Waals surface area contributed by atoms with Gasteiger partial charge in [0.2, 0.25) is 0 Å². The summed E-state index contributed by atoms with van der Waals surface area (Å²) in [5.41, 5.74) is 3.12. The van der Waals surface area contributed by atoms with E-state index in [1.807, 2.05) is 45.0 Å². The Bertz CT molecular complexity index is 557. The number of benzene rings is 1. The van der Waals surface area contributed by atoms with Crippen molar-refractivity contribution >= 4 is 17.1 Å². The Morgan fingerprint density at radius 3 is 2.53 bits per heavy atom. The first kappa shape index (κ1) is 12.0. The lowest BCUT2D eigenvalue weighted by molar-refractivity contribution is 0.0996. The van der Waals surface area contributed by atoms with Crippen LogP contribution in [-0.2, 0) is 6.42 Å². The number of hydrogen-bond donors (Lipinski definition) is 0. The number of nitrogens with zero attached hydrogens (tertiary/aromatic N) is 1. The topological polar surface area (TPSA) is 30.0 Å². The zero-order chi connectivity index (χ0) is 12.4. The maximum absolute atomic E-state index is 12.2. The molecule has 17 heavy (non-hydrogen) atoms. The molecular weight excluding hydrogens is 230 g/mol. The molecule has 1 aromatic carbocycles. The van der Waals surface area contributed by atoms with Crippen LogP contribution in [0.25, 0.3) is 0 Å². The van der Waals surface area contributed by atoms with Gasteiger partial charge in [-0.25, -0.2) is 4.98 Å². The third kappa shape index (κ3) is 2.61. The lowest BCUT2D eigenvalue weighted by atomic mass is 10.0. The van der Waals surface area contributed by atoms with Gasteiger partial charge in [-0.2, -0.15) is 0 Å². The Balaban J connectivity index is 2.23. The van der Waals surface area contributed by atoms with Crippen LogP contribution in [0.1, 0.15) is 31.5 Å². The normalized spacial score (nSPS) is 10.5. The van der Waals surface area contributed by atoms with E-state index in [2.05, 4.69) is 4.98 Å². The van der Waals surface area contributed by atoms with Crippen molar-refractivity contribution in [3.05, 3.63) is 51.0 Å². The zero-order valence-electron chi connectivity index (χ0n) is 10.3. The van der Waals surface area contributed by atoms with Crippen LogP contribution in [-0.4, -0.2) is 10.8 Å². The van der Waals surface area contributed by atoms with Gasteiger partial charge in [-0.1, -0.05) is 24.3 Å². The van der Waals surface area contributed by atoms with Gasteiger partial charge in [-0.15, -0.1) is 11.3 Å². The van der Waals surface area contributed by atoms with Gasteiger partial charge >= 0.3 is 0 Å². The molecule has 0 fully saturated rings. The molecule has 0 aliphatic rings. The number of thiazole rings is 1. The fraction of sp³-hybridized carbons (Fsp3) is 0.286. The fourth-order valence-electron chi connectivity index (χ4n) is 1.85. The summed E-state index contributed by atoms with van der Waals surface area (Å²) >= 11 is 1.49. The van der Waals surface area contributed by atoms with E-state index in [1.54, 1.807) is 0 Å². The van der Waals surface area contributed by atoms with Gasteiger partial charge in [0.15, 0.2) is 5.78 Å². The fourth-order valence-corrected chi connectivity index (χ4v) is 2.71. The second-order valence-electron chi connectivity index (χ2n) is 4.17. The van der Waals surface area contributed by atoms with Crippen molar-refractivity contribution in [1.29, 1.82) is 0 Å². The van der Waals surface area contributed by atoms with Crippen LogP contribution in [0, 0.1) is 20.8 Å². The molecule has 0 radical (unpaired) electrons. The molecule has 2 nitrogen and oxygen atoms in total. The highest BCUT2D eigenvalue weighted by Gasteiger charge is 2.14. The maximum Gasteiger partial charge on any atom is 0.179 e. The van der Waals surface area contributed by atoms with Crippen molar-refractivity contribution in [2.75, 3.05) is 0 Å². The van der Waals surface area contributed by atoms with Crippen LogP contribution in [0.3, 0.4) is 0 Å². The highest BCUT2D eigenvalue weighted by molar-refractivity contribution is 7.13. The van der Waals surface area contributed by atoms with Gasteiger partial charge in [0, 0.05) is 6.42 Å². The molecule has 2 aromatic rings. The average Bonchev–Trinajstić information content (AvgIpc) is 2.61. The molecule has 0 bridgehead atoms. The Morgan fingerprint density at radius 2 is 1.94 bits per heavy atom. The number of hydrogen-bond acceptors (Lipinski definition) is 3. The lowest BCUT2D eigenvalue weighted by Gasteiger charge is -2.03. The van der Waals surface area contributed by atoms with Crippen LogP contribution < -0.4 is 0 Å². The van der Waals surface area contributed by atoms with Crippen molar-refractivity contribution in [3.8, 4) is 0 Å². The van der Waals surface area contributed by atoms with Crippen LogP contribution in [0.15, 0.2) is 24.3 Å². The second kappa shape index (κ2) is 4.80. The van der Waals surface area contributed by atoms with Gasteiger partial charge in [-0.3, -0.25) is 4.79 Å². The van der Waals surface area contributed by atoms with E-state index in [9.17, 15) is 4.79 Å². The molecule has 0 saturated carbocycles. The smallest absolute Gasteiger partial charge is 0.179 e. The summed E-state index contributed by atoms with van der Waals surface area (Å²) in [6.07, 6.45) is 0.467. The third-order valence-electron chi connectivity index (χ3n) is 2.77. The van der Waals surface area contributed by atoms with Gasteiger partial charge in [0.1, 0.15) is 0 Å². The van der Waals surface area contributed by atoms with Crippen molar-refractivity contribution < 1.29 is 4.79 Å². The zero-order valence-corrected chi connectivity index (χ0v) is 11.1. The Labute approximate surface area is 105 Å². The minimum Gasteiger partial charge on any atom is -0.293 e. The summed E-state index contributed by atoms with van der Waals surface area (Å²) in [4.78, 5) is 17.3. The number of carbonyl (C=O) groups excluding carboxylic acids is 1. The first-order valence-electron chi connectivity index (χ1n) is 5.59. The predicted molar refractivity (Wildman–Crippen MR) is 70.8 cm³/mol. The summed E-state index contributed by atoms with van der Waals surface area (Å²) < 4.78 is 0. The summed E-state index contributed by atoms with van der Waals surface area (Å²) in [7, 11) is 0. The highest BCUT2D eigenvalue weighted by Crippen LogP contribution is 2.20. The summed E-state index contributed by atoms with van der Waals surface area (Å²) in [6, 6.07) is 8.01. The molecular formula is C14H15NOS. The minimum absolute atomic E-state index is 0.169. The molecule has 0 amide bonds. The van der Waals surface area contributed by atoms with Crippen LogP contribution in [0.5, 0.6) is 0 Å². The van der Waals surface area contributed by atoms with Crippen molar-refractivity contribution in [1.82, 2.24) is 4.98 Å². The predicted octanol–water partition coefficient (Wildman–Crippen LogP) is 3.49. The number of carbonyl (C=O) groups is 1. The van der Waals surface area contributed by atoms with E-state index in [0.717, 1.165) is 21.1 Å². The number of aromatic nitrogens is 1. The molecule has 0 atom stereocenters. The molecule has 0 saturated heterocycles. The van der Waals surface area contributed by atoms with E-state index in [-0.39, 0.29) is 5.78 Å². The highest BCUT2D eigenvalue weighted by atomic mass is 32.1. The number of ketones is 1. The first-order chi connectivity index (χ1) is 8.08. The lowest BCUT2D eigenvalue weighted by Crippen LogP contribution is -2.04. The van der Waals surface area contributed by atoms with Gasteiger partial charge in [-0.05, 0) is 31.9 Å². The maximum atomic E-state index is 12.2. The monoisotopic (exact) mass is 245 g/mol. The quantitative estimate of drug-likeness (QED) is 0.775. The Kier molecular flexibility index (Phi) is 3.38. The molecule has 0 N–H and O–H groups in total. The van der Waals surface area contributed by atoms with Gasteiger partial charge in [0.05, 0.1) is 15.6 Å². The Hall–Kier alpha value is -1.48. The Morgan fingerprint density at radius 1 is 1.24 bits per heavy atom. The SMILES string of the molecule is Cc1nc(C)c(C(=O)Cc2ccccc2C)s1. The molecule has 0 aliphatic heterocycles. The molecule has 0 spiro atoms. The molecule has 88 valence electrons. The number of Topliss-reactive ketones (excluding diaryl/α,β-unsaturated/α-hetero) is 1. The summed E-state index contributed by atoms with van der Waals surface area (Å²) in [6.45, 7) is 5.87. The molecule has 0 aliphatic carbocycles. The van der Waals surface area contributed by atoms with Crippen LogP contribution >= 0.6 is 11.3 Å². The third-order valence-corrected chi connectivity index (χ3v) is 3.88.